The van der Waals surface area contributed by atoms with Gasteiger partial charge in [-0.15, -0.1) is 0 Å². The second kappa shape index (κ2) is 4.94. The normalized spacial score (nSPS) is 10.4. The van der Waals surface area contributed by atoms with Gasteiger partial charge in [0, 0.05) is 5.56 Å². The summed E-state index contributed by atoms with van der Waals surface area (Å²) in [6, 6.07) is 9.87. The number of hydrogen-bond donors (Lipinski definition) is 2. The first-order chi connectivity index (χ1) is 9.02. The van der Waals surface area contributed by atoms with E-state index in [1.54, 1.807) is 0 Å². The molecule has 0 saturated heterocycles. The molecule has 5 nitrogen and oxygen atoms in total. The molecule has 0 bridgehead atoms. The van der Waals surface area contributed by atoms with Crippen molar-refractivity contribution in [3.63, 3.8) is 0 Å². The Balaban J connectivity index is 2.56. The van der Waals surface area contributed by atoms with Crippen LogP contribution in [-0.2, 0) is 0 Å². The van der Waals surface area contributed by atoms with Gasteiger partial charge in [0.1, 0.15) is 17.5 Å². The maximum Gasteiger partial charge on any atom is 0.222 e. The van der Waals surface area contributed by atoms with E-state index in [0.717, 1.165) is 5.56 Å². The van der Waals surface area contributed by atoms with Crippen LogP contribution in [0.25, 0.3) is 11.3 Å². The lowest BCUT2D eigenvalue weighted by molar-refractivity contribution is 0.867. The van der Waals surface area contributed by atoms with Gasteiger partial charge in [-0.05, 0) is 11.5 Å². The molecule has 2 rings (SSSR count). The number of anilines is 2. The molecule has 0 radical (unpaired) electrons. The summed E-state index contributed by atoms with van der Waals surface area (Å²) in [7, 11) is 0. The van der Waals surface area contributed by atoms with E-state index in [-0.39, 0.29) is 17.3 Å². The van der Waals surface area contributed by atoms with Gasteiger partial charge in [-0.1, -0.05) is 38.1 Å². The van der Waals surface area contributed by atoms with E-state index < -0.39 is 0 Å². The summed E-state index contributed by atoms with van der Waals surface area (Å²) >= 11 is 0. The lowest BCUT2D eigenvalue weighted by Crippen LogP contribution is -2.05. The minimum Gasteiger partial charge on any atom is -0.382 e. The van der Waals surface area contributed by atoms with E-state index in [2.05, 4.69) is 23.8 Å². The lowest BCUT2D eigenvalue weighted by atomic mass is 9.99. The first-order valence-electron chi connectivity index (χ1n) is 5.96. The number of benzene rings is 1. The zero-order valence-electron chi connectivity index (χ0n) is 10.9. The molecule has 1 aromatic carbocycles. The molecule has 0 unspecified atom stereocenters. The van der Waals surface area contributed by atoms with Gasteiger partial charge in [0.25, 0.3) is 0 Å². The highest BCUT2D eigenvalue weighted by molar-refractivity contribution is 5.73. The highest BCUT2D eigenvalue weighted by Crippen LogP contribution is 2.26. The first-order valence-corrected chi connectivity index (χ1v) is 5.96. The molecule has 4 N–H and O–H groups in total. The van der Waals surface area contributed by atoms with Crippen molar-refractivity contribution in [1.29, 1.82) is 5.26 Å². The highest BCUT2D eigenvalue weighted by atomic mass is 15.0. The number of nitrogens with two attached hydrogens (primary N) is 2. The third-order valence-corrected chi connectivity index (χ3v) is 2.92. The minimum atomic E-state index is 0.0689. The number of nitrogens with zero attached hydrogens (tertiary/aromatic N) is 3. The Hall–Kier alpha value is -2.61. The number of rotatable bonds is 2. The zero-order valence-corrected chi connectivity index (χ0v) is 10.9. The Morgan fingerprint density at radius 2 is 1.74 bits per heavy atom. The van der Waals surface area contributed by atoms with Gasteiger partial charge in [0.05, 0.1) is 5.69 Å². The number of hydrogen-bond acceptors (Lipinski definition) is 5. The fourth-order valence-electron chi connectivity index (χ4n) is 1.84. The molecule has 19 heavy (non-hydrogen) atoms. The van der Waals surface area contributed by atoms with Crippen LogP contribution in [0.2, 0.25) is 0 Å². The van der Waals surface area contributed by atoms with Crippen molar-refractivity contribution in [2.45, 2.75) is 19.8 Å². The molecule has 2 aromatic rings. The van der Waals surface area contributed by atoms with Crippen LogP contribution in [0, 0.1) is 11.3 Å². The SMILES string of the molecule is CC(C)c1ccc(-c2nc(N)nc(N)c2C#N)cc1. The van der Waals surface area contributed by atoms with Crippen molar-refractivity contribution < 1.29 is 0 Å². The molecular weight excluding hydrogens is 238 g/mol. The second-order valence-corrected chi connectivity index (χ2v) is 4.58. The molecule has 0 amide bonds. The first kappa shape index (κ1) is 12.8. The van der Waals surface area contributed by atoms with Gasteiger partial charge in [-0.3, -0.25) is 0 Å². The maximum absolute atomic E-state index is 9.14. The van der Waals surface area contributed by atoms with Crippen molar-refractivity contribution in [2.75, 3.05) is 11.5 Å². The highest BCUT2D eigenvalue weighted by Gasteiger charge is 2.13. The summed E-state index contributed by atoms with van der Waals surface area (Å²) in [5.41, 5.74) is 14.0. The molecule has 5 heteroatoms. The largest absolute Gasteiger partial charge is 0.382 e. The minimum absolute atomic E-state index is 0.0689. The van der Waals surface area contributed by atoms with Crippen LogP contribution < -0.4 is 11.5 Å². The van der Waals surface area contributed by atoms with Gasteiger partial charge in [0.2, 0.25) is 5.95 Å². The standard InChI is InChI=1S/C14H15N5/c1-8(2)9-3-5-10(6-4-9)12-11(7-15)13(16)19-14(17)18-12/h3-6,8H,1-2H3,(H4,16,17,18,19). The monoisotopic (exact) mass is 253 g/mol. The quantitative estimate of drug-likeness (QED) is 0.855. The third-order valence-electron chi connectivity index (χ3n) is 2.92. The molecule has 96 valence electrons. The molecular formula is C14H15N5. The Labute approximate surface area is 111 Å². The van der Waals surface area contributed by atoms with Gasteiger partial charge >= 0.3 is 0 Å². The predicted molar refractivity (Wildman–Crippen MR) is 75.1 cm³/mol. The molecule has 0 aliphatic rings. The van der Waals surface area contributed by atoms with Gasteiger partial charge < -0.3 is 11.5 Å². The number of aromatic nitrogens is 2. The summed E-state index contributed by atoms with van der Waals surface area (Å²) in [6.07, 6.45) is 0. The Kier molecular flexibility index (Phi) is 3.34. The average molecular weight is 253 g/mol. The third kappa shape index (κ3) is 2.47. The van der Waals surface area contributed by atoms with Gasteiger partial charge in [-0.2, -0.15) is 10.2 Å². The van der Waals surface area contributed by atoms with E-state index >= 15 is 0 Å². The van der Waals surface area contributed by atoms with Gasteiger partial charge in [0.15, 0.2) is 0 Å². The second-order valence-electron chi connectivity index (χ2n) is 4.58. The molecule has 1 heterocycles. The predicted octanol–water partition coefficient (Wildman–Crippen LogP) is 2.30. The van der Waals surface area contributed by atoms with Crippen LogP contribution in [0.4, 0.5) is 11.8 Å². The topological polar surface area (TPSA) is 102 Å². The van der Waals surface area contributed by atoms with Crippen LogP contribution in [0.1, 0.15) is 30.9 Å². The van der Waals surface area contributed by atoms with Crippen molar-refractivity contribution in [3.05, 3.63) is 35.4 Å². The van der Waals surface area contributed by atoms with Crippen LogP contribution in [-0.4, -0.2) is 9.97 Å². The van der Waals surface area contributed by atoms with E-state index in [4.69, 9.17) is 16.7 Å². The summed E-state index contributed by atoms with van der Waals surface area (Å²) in [5.74, 6) is 0.627. The van der Waals surface area contributed by atoms with E-state index in [0.29, 0.717) is 11.6 Å². The molecule has 0 fully saturated rings. The fraction of sp³-hybridized carbons (Fsp3) is 0.214. The van der Waals surface area contributed by atoms with Gasteiger partial charge in [-0.25, -0.2) is 4.98 Å². The molecule has 0 aliphatic heterocycles. The van der Waals surface area contributed by atoms with Crippen LogP contribution in [0.3, 0.4) is 0 Å². The molecule has 0 saturated carbocycles. The van der Waals surface area contributed by atoms with Crippen molar-refractivity contribution in [3.8, 4) is 17.3 Å². The van der Waals surface area contributed by atoms with Crippen molar-refractivity contribution >= 4 is 11.8 Å². The molecule has 1 aromatic heterocycles. The van der Waals surface area contributed by atoms with Crippen LogP contribution >= 0.6 is 0 Å². The maximum atomic E-state index is 9.14. The lowest BCUT2D eigenvalue weighted by Gasteiger charge is -2.09. The number of nitrogen functional groups attached to an aromatic ring is 2. The molecule has 0 aliphatic carbocycles. The summed E-state index contributed by atoms with van der Waals surface area (Å²) in [6.45, 7) is 4.24. The van der Waals surface area contributed by atoms with Crippen molar-refractivity contribution in [1.82, 2.24) is 9.97 Å². The smallest absolute Gasteiger partial charge is 0.222 e. The van der Waals surface area contributed by atoms with E-state index in [1.807, 2.05) is 30.3 Å². The summed E-state index contributed by atoms with van der Waals surface area (Å²) in [4.78, 5) is 7.91. The molecule has 0 atom stereocenters. The zero-order chi connectivity index (χ0) is 14.0. The Morgan fingerprint density at radius 1 is 1.11 bits per heavy atom. The molecule has 0 spiro atoms. The van der Waals surface area contributed by atoms with Crippen LogP contribution in [0.5, 0.6) is 0 Å². The number of nitriles is 1. The summed E-state index contributed by atoms with van der Waals surface area (Å²) in [5, 5.41) is 9.14. The van der Waals surface area contributed by atoms with Crippen molar-refractivity contribution in [2.24, 2.45) is 0 Å². The van der Waals surface area contributed by atoms with E-state index in [1.165, 1.54) is 5.56 Å². The fourth-order valence-corrected chi connectivity index (χ4v) is 1.84. The Morgan fingerprint density at radius 3 is 2.26 bits per heavy atom. The summed E-state index contributed by atoms with van der Waals surface area (Å²) < 4.78 is 0. The van der Waals surface area contributed by atoms with Crippen LogP contribution in [0.15, 0.2) is 24.3 Å². The van der Waals surface area contributed by atoms with E-state index in [9.17, 15) is 0 Å². The Bertz CT molecular complexity index is 638. The average Bonchev–Trinajstić information content (AvgIpc) is 2.38.